The summed E-state index contributed by atoms with van der Waals surface area (Å²) in [5.74, 6) is 3.83. The van der Waals surface area contributed by atoms with Gasteiger partial charge in [0.15, 0.2) is 0 Å². The summed E-state index contributed by atoms with van der Waals surface area (Å²) in [6, 6.07) is 17.2. The topological polar surface area (TPSA) is 80.3 Å². The van der Waals surface area contributed by atoms with Gasteiger partial charge in [0, 0.05) is 29.9 Å². The maximum atomic E-state index is 5.23. The van der Waals surface area contributed by atoms with Crippen LogP contribution < -0.4 is 25.4 Å². The highest BCUT2D eigenvalue weighted by Crippen LogP contribution is 2.24. The van der Waals surface area contributed by atoms with Crippen LogP contribution in [0, 0.1) is 5.92 Å². The van der Waals surface area contributed by atoms with Crippen LogP contribution >= 0.6 is 0 Å². The first-order valence-corrected chi connectivity index (χ1v) is 10.0. The molecule has 0 saturated carbocycles. The standard InChI is InChI=1S/C24H25N5O2/c1-30-20-11-7-18(8-12-20)26-22-15-23(27-19-9-13-21(31-2)14-10-19)29-24(28-22)25-16-17-5-3-4-6-17/h3-15,17H,16H2,1-2H3,(H3,25,26,27,28,29). The van der Waals surface area contributed by atoms with Crippen LogP contribution in [0.2, 0.25) is 0 Å². The number of nitrogens with one attached hydrogen (secondary N) is 3. The van der Waals surface area contributed by atoms with Gasteiger partial charge in [0.1, 0.15) is 23.1 Å². The van der Waals surface area contributed by atoms with E-state index in [-0.39, 0.29) is 0 Å². The van der Waals surface area contributed by atoms with E-state index in [0.29, 0.717) is 23.5 Å². The summed E-state index contributed by atoms with van der Waals surface area (Å²) in [5.41, 5.74) is 1.81. The minimum atomic E-state index is 0.333. The molecule has 2 aromatic carbocycles. The number of methoxy groups -OCH3 is 2. The normalized spacial score (nSPS) is 12.6. The van der Waals surface area contributed by atoms with E-state index in [4.69, 9.17) is 9.47 Å². The molecule has 0 spiro atoms. The van der Waals surface area contributed by atoms with E-state index in [2.05, 4.69) is 38.1 Å². The highest BCUT2D eigenvalue weighted by molar-refractivity contribution is 5.65. The van der Waals surface area contributed by atoms with Gasteiger partial charge in [-0.25, -0.2) is 0 Å². The van der Waals surface area contributed by atoms with Crippen molar-refractivity contribution >= 4 is 29.0 Å². The quantitative estimate of drug-likeness (QED) is 0.447. The summed E-state index contributed by atoms with van der Waals surface area (Å²) in [5, 5.41) is 10.00. The molecule has 0 atom stereocenters. The van der Waals surface area contributed by atoms with Crippen LogP contribution in [0.3, 0.4) is 0 Å². The molecule has 0 amide bonds. The molecule has 0 saturated heterocycles. The second-order valence-electron chi connectivity index (χ2n) is 6.98. The second-order valence-corrected chi connectivity index (χ2v) is 6.98. The molecule has 3 N–H and O–H groups in total. The molecule has 0 aliphatic heterocycles. The molecule has 1 aliphatic carbocycles. The molecule has 0 fully saturated rings. The Labute approximate surface area is 181 Å². The van der Waals surface area contributed by atoms with Crippen molar-refractivity contribution < 1.29 is 9.47 Å². The zero-order valence-electron chi connectivity index (χ0n) is 17.5. The molecule has 1 heterocycles. The van der Waals surface area contributed by atoms with Gasteiger partial charge in [-0.05, 0) is 48.5 Å². The number of rotatable bonds is 9. The van der Waals surface area contributed by atoms with E-state index in [0.717, 1.165) is 29.4 Å². The molecule has 1 aromatic heterocycles. The Morgan fingerprint density at radius 1 is 0.742 bits per heavy atom. The van der Waals surface area contributed by atoms with Crippen molar-refractivity contribution in [3.05, 3.63) is 78.9 Å². The number of anilines is 5. The fraction of sp³-hybridized carbons (Fsp3) is 0.167. The van der Waals surface area contributed by atoms with Gasteiger partial charge in [-0.1, -0.05) is 24.3 Å². The number of nitrogens with zero attached hydrogens (tertiary/aromatic N) is 2. The molecule has 0 radical (unpaired) electrons. The Bertz CT molecular complexity index is 983. The molecule has 1 aliphatic rings. The van der Waals surface area contributed by atoms with E-state index in [1.54, 1.807) is 14.2 Å². The molecule has 7 heteroatoms. The van der Waals surface area contributed by atoms with Gasteiger partial charge in [-0.2, -0.15) is 9.97 Å². The highest BCUT2D eigenvalue weighted by Gasteiger charge is 2.09. The van der Waals surface area contributed by atoms with Crippen LogP contribution in [0.1, 0.15) is 0 Å². The molecule has 0 unspecified atom stereocenters. The van der Waals surface area contributed by atoms with Gasteiger partial charge in [-0.3, -0.25) is 0 Å². The minimum absolute atomic E-state index is 0.333. The molecule has 31 heavy (non-hydrogen) atoms. The Hall–Kier alpha value is -4.00. The number of ether oxygens (including phenoxy) is 2. The van der Waals surface area contributed by atoms with E-state index < -0.39 is 0 Å². The Morgan fingerprint density at radius 3 is 1.68 bits per heavy atom. The Morgan fingerprint density at radius 2 is 1.23 bits per heavy atom. The SMILES string of the molecule is COc1ccc(Nc2cc(Nc3ccc(OC)cc3)nc(NCC3C=CC=C3)n2)cc1. The Kier molecular flexibility index (Phi) is 6.32. The van der Waals surface area contributed by atoms with Crippen molar-refractivity contribution in [1.82, 2.24) is 9.97 Å². The van der Waals surface area contributed by atoms with E-state index in [1.807, 2.05) is 66.7 Å². The lowest BCUT2D eigenvalue weighted by Gasteiger charge is -2.14. The summed E-state index contributed by atoms with van der Waals surface area (Å²) >= 11 is 0. The van der Waals surface area contributed by atoms with Crippen LogP contribution in [-0.2, 0) is 0 Å². The summed E-state index contributed by atoms with van der Waals surface area (Å²) in [4.78, 5) is 9.26. The van der Waals surface area contributed by atoms with Gasteiger partial charge in [0.05, 0.1) is 14.2 Å². The number of aromatic nitrogens is 2. The van der Waals surface area contributed by atoms with E-state index in [1.165, 1.54) is 0 Å². The smallest absolute Gasteiger partial charge is 0.226 e. The number of benzene rings is 2. The molecule has 4 rings (SSSR count). The lowest BCUT2D eigenvalue weighted by molar-refractivity contribution is 0.415. The number of hydrogen-bond donors (Lipinski definition) is 3. The van der Waals surface area contributed by atoms with E-state index in [9.17, 15) is 0 Å². The zero-order chi connectivity index (χ0) is 21.5. The Balaban J connectivity index is 1.55. The molecule has 0 bridgehead atoms. The monoisotopic (exact) mass is 415 g/mol. The fourth-order valence-electron chi connectivity index (χ4n) is 3.12. The summed E-state index contributed by atoms with van der Waals surface area (Å²) < 4.78 is 10.5. The fourth-order valence-corrected chi connectivity index (χ4v) is 3.12. The lowest BCUT2D eigenvalue weighted by atomic mass is 10.2. The lowest BCUT2D eigenvalue weighted by Crippen LogP contribution is -2.13. The largest absolute Gasteiger partial charge is 0.497 e. The first-order valence-electron chi connectivity index (χ1n) is 10.0. The van der Waals surface area contributed by atoms with Crippen molar-refractivity contribution in [2.75, 3.05) is 36.7 Å². The third kappa shape index (κ3) is 5.54. The third-order valence-corrected chi connectivity index (χ3v) is 4.77. The molecule has 7 nitrogen and oxygen atoms in total. The average molecular weight is 415 g/mol. The first kappa shape index (κ1) is 20.3. The first-order chi connectivity index (χ1) is 15.2. The summed E-state index contributed by atoms with van der Waals surface area (Å²) in [6.07, 6.45) is 8.38. The zero-order valence-corrected chi connectivity index (χ0v) is 17.5. The highest BCUT2D eigenvalue weighted by atomic mass is 16.5. The predicted octanol–water partition coefficient (Wildman–Crippen LogP) is 5.14. The van der Waals surface area contributed by atoms with Crippen molar-refractivity contribution in [3.63, 3.8) is 0 Å². The van der Waals surface area contributed by atoms with Crippen molar-refractivity contribution in [1.29, 1.82) is 0 Å². The predicted molar refractivity (Wildman–Crippen MR) is 125 cm³/mol. The minimum Gasteiger partial charge on any atom is -0.497 e. The number of allylic oxidation sites excluding steroid dienone is 2. The third-order valence-electron chi connectivity index (χ3n) is 4.77. The maximum Gasteiger partial charge on any atom is 0.226 e. The summed E-state index contributed by atoms with van der Waals surface area (Å²) in [7, 11) is 3.30. The maximum absolute atomic E-state index is 5.23. The van der Waals surface area contributed by atoms with Crippen molar-refractivity contribution in [2.45, 2.75) is 0 Å². The van der Waals surface area contributed by atoms with E-state index >= 15 is 0 Å². The number of hydrogen-bond acceptors (Lipinski definition) is 7. The van der Waals surface area contributed by atoms with Crippen LogP contribution in [0.5, 0.6) is 11.5 Å². The average Bonchev–Trinajstić information content (AvgIpc) is 3.32. The second kappa shape index (κ2) is 9.67. The van der Waals surface area contributed by atoms with Crippen molar-refractivity contribution in [3.8, 4) is 11.5 Å². The molecular formula is C24H25N5O2. The molecular weight excluding hydrogens is 390 g/mol. The van der Waals surface area contributed by atoms with Crippen LogP contribution in [-0.4, -0.2) is 30.7 Å². The van der Waals surface area contributed by atoms with Crippen LogP contribution in [0.15, 0.2) is 78.9 Å². The van der Waals surface area contributed by atoms with Crippen molar-refractivity contribution in [2.24, 2.45) is 5.92 Å². The molecule has 3 aromatic rings. The van der Waals surface area contributed by atoms with Gasteiger partial charge < -0.3 is 25.4 Å². The van der Waals surface area contributed by atoms with Crippen LogP contribution in [0.25, 0.3) is 0 Å². The van der Waals surface area contributed by atoms with Gasteiger partial charge >= 0.3 is 0 Å². The van der Waals surface area contributed by atoms with Crippen LogP contribution in [0.4, 0.5) is 29.0 Å². The van der Waals surface area contributed by atoms with Gasteiger partial charge in [0.2, 0.25) is 5.95 Å². The van der Waals surface area contributed by atoms with Gasteiger partial charge in [0.25, 0.3) is 0 Å². The van der Waals surface area contributed by atoms with Gasteiger partial charge in [-0.15, -0.1) is 0 Å². The molecule has 158 valence electrons. The summed E-state index contributed by atoms with van der Waals surface area (Å²) in [6.45, 7) is 0.723.